The van der Waals surface area contributed by atoms with Crippen LogP contribution in [-0.2, 0) is 9.53 Å². The standard InChI is InChI=1S/C16H17FO2/c1-11-6-4-5-7-13(11)14-8-12(10-18)15(17)9-16(14,2)19-3/h4-8,10H,9H2,1-3H3. The molecular weight excluding hydrogens is 243 g/mol. The molecule has 1 aliphatic carbocycles. The predicted molar refractivity (Wildman–Crippen MR) is 73.4 cm³/mol. The number of aryl methyl sites for hydroxylation is 1. The van der Waals surface area contributed by atoms with Crippen LogP contribution in [0.25, 0.3) is 5.57 Å². The molecule has 1 aliphatic rings. The zero-order chi connectivity index (χ0) is 14.0. The lowest BCUT2D eigenvalue weighted by molar-refractivity contribution is -0.104. The van der Waals surface area contributed by atoms with Crippen LogP contribution in [0.15, 0.2) is 41.7 Å². The van der Waals surface area contributed by atoms with Crippen molar-refractivity contribution < 1.29 is 13.9 Å². The summed E-state index contributed by atoms with van der Waals surface area (Å²) in [7, 11) is 1.56. The maximum Gasteiger partial charge on any atom is 0.152 e. The van der Waals surface area contributed by atoms with Crippen molar-refractivity contribution in [2.24, 2.45) is 0 Å². The first-order chi connectivity index (χ1) is 9.01. The van der Waals surface area contributed by atoms with Crippen LogP contribution in [0.4, 0.5) is 4.39 Å². The minimum absolute atomic E-state index is 0.0811. The van der Waals surface area contributed by atoms with Crippen LogP contribution in [0.1, 0.15) is 24.5 Å². The van der Waals surface area contributed by atoms with Crippen molar-refractivity contribution in [1.82, 2.24) is 0 Å². The van der Waals surface area contributed by atoms with Crippen molar-refractivity contribution in [2.75, 3.05) is 7.11 Å². The van der Waals surface area contributed by atoms with Gasteiger partial charge in [0.25, 0.3) is 0 Å². The number of hydrogen-bond acceptors (Lipinski definition) is 2. The minimum Gasteiger partial charge on any atom is -0.373 e. The van der Waals surface area contributed by atoms with E-state index in [9.17, 15) is 9.18 Å². The average Bonchev–Trinajstić information content (AvgIpc) is 2.40. The van der Waals surface area contributed by atoms with Gasteiger partial charge in [-0.3, -0.25) is 4.79 Å². The summed E-state index contributed by atoms with van der Waals surface area (Å²) in [6.45, 7) is 3.83. The second-order valence-corrected chi connectivity index (χ2v) is 4.96. The molecule has 1 aromatic carbocycles. The molecule has 0 N–H and O–H groups in total. The highest BCUT2D eigenvalue weighted by atomic mass is 19.1. The molecule has 0 heterocycles. The molecule has 0 spiro atoms. The summed E-state index contributed by atoms with van der Waals surface area (Å²) >= 11 is 0. The first-order valence-electron chi connectivity index (χ1n) is 6.19. The highest BCUT2D eigenvalue weighted by Gasteiger charge is 2.36. The van der Waals surface area contributed by atoms with E-state index in [1.165, 1.54) is 0 Å². The predicted octanol–water partition coefficient (Wildman–Crippen LogP) is 3.61. The molecule has 19 heavy (non-hydrogen) atoms. The highest BCUT2D eigenvalue weighted by molar-refractivity contribution is 5.88. The Bertz CT molecular complexity index is 572. The molecule has 2 rings (SSSR count). The molecule has 1 atom stereocenters. The molecule has 1 unspecified atom stereocenters. The fourth-order valence-corrected chi connectivity index (χ4v) is 2.40. The number of hydrogen-bond donors (Lipinski definition) is 0. The van der Waals surface area contributed by atoms with Gasteiger partial charge >= 0.3 is 0 Å². The van der Waals surface area contributed by atoms with Gasteiger partial charge in [0, 0.05) is 19.1 Å². The lowest BCUT2D eigenvalue weighted by atomic mass is 9.80. The summed E-state index contributed by atoms with van der Waals surface area (Å²) in [5.74, 6) is -0.420. The van der Waals surface area contributed by atoms with Crippen molar-refractivity contribution in [1.29, 1.82) is 0 Å². The van der Waals surface area contributed by atoms with Gasteiger partial charge < -0.3 is 4.74 Å². The van der Waals surface area contributed by atoms with E-state index >= 15 is 0 Å². The van der Waals surface area contributed by atoms with Crippen LogP contribution >= 0.6 is 0 Å². The van der Waals surface area contributed by atoms with Gasteiger partial charge in [-0.25, -0.2) is 4.39 Å². The normalized spacial score (nSPS) is 23.3. The molecule has 0 fully saturated rings. The van der Waals surface area contributed by atoms with Gasteiger partial charge in [-0.15, -0.1) is 0 Å². The molecular formula is C16H17FO2. The Morgan fingerprint density at radius 2 is 2.05 bits per heavy atom. The lowest BCUT2D eigenvalue weighted by Gasteiger charge is -2.34. The Kier molecular flexibility index (Phi) is 3.67. The second-order valence-electron chi connectivity index (χ2n) is 4.96. The third kappa shape index (κ3) is 2.38. The number of ether oxygens (including phenoxy) is 1. The molecule has 0 amide bonds. The number of rotatable bonds is 3. The summed E-state index contributed by atoms with van der Waals surface area (Å²) in [6, 6.07) is 7.82. The maximum atomic E-state index is 13.8. The first-order valence-corrected chi connectivity index (χ1v) is 6.19. The van der Waals surface area contributed by atoms with Gasteiger partial charge in [0.2, 0.25) is 0 Å². The summed E-state index contributed by atoms with van der Waals surface area (Å²) in [5.41, 5.74) is 2.26. The molecule has 0 saturated carbocycles. The van der Waals surface area contributed by atoms with Gasteiger partial charge in [0.1, 0.15) is 5.83 Å². The van der Waals surface area contributed by atoms with E-state index in [4.69, 9.17) is 4.74 Å². The summed E-state index contributed by atoms with van der Waals surface area (Å²) in [5, 5.41) is 0. The third-order valence-corrected chi connectivity index (χ3v) is 3.69. The van der Waals surface area contributed by atoms with Crippen molar-refractivity contribution in [3.8, 4) is 0 Å². The van der Waals surface area contributed by atoms with Gasteiger partial charge in [-0.1, -0.05) is 24.3 Å². The number of carbonyl (C=O) groups is 1. The summed E-state index contributed by atoms with van der Waals surface area (Å²) in [4.78, 5) is 10.9. The largest absolute Gasteiger partial charge is 0.373 e. The topological polar surface area (TPSA) is 26.3 Å². The zero-order valence-corrected chi connectivity index (χ0v) is 11.4. The Labute approximate surface area is 112 Å². The van der Waals surface area contributed by atoms with Gasteiger partial charge in [0.15, 0.2) is 6.29 Å². The van der Waals surface area contributed by atoms with Crippen LogP contribution in [-0.4, -0.2) is 19.0 Å². The summed E-state index contributed by atoms with van der Waals surface area (Å²) in [6.07, 6.45) is 2.23. The summed E-state index contributed by atoms with van der Waals surface area (Å²) < 4.78 is 19.3. The maximum absolute atomic E-state index is 13.8. The van der Waals surface area contributed by atoms with Crippen molar-refractivity contribution >= 4 is 11.9 Å². The second kappa shape index (κ2) is 5.10. The Balaban J connectivity index is 2.62. The number of halogens is 1. The zero-order valence-electron chi connectivity index (χ0n) is 11.4. The van der Waals surface area contributed by atoms with E-state index in [2.05, 4.69) is 0 Å². The van der Waals surface area contributed by atoms with Crippen molar-refractivity contribution in [3.05, 3.63) is 52.9 Å². The monoisotopic (exact) mass is 260 g/mol. The van der Waals surface area contributed by atoms with Crippen LogP contribution in [0.5, 0.6) is 0 Å². The average molecular weight is 260 g/mol. The Hall–Kier alpha value is -1.74. The number of carbonyl (C=O) groups excluding carboxylic acids is 1. The number of allylic oxidation sites excluding steroid dienone is 2. The fraction of sp³-hybridized carbons (Fsp3) is 0.312. The Morgan fingerprint density at radius 1 is 1.37 bits per heavy atom. The molecule has 0 saturated heterocycles. The lowest BCUT2D eigenvalue weighted by Crippen LogP contribution is -2.32. The van der Waals surface area contributed by atoms with Gasteiger partial charge in [-0.05, 0) is 36.6 Å². The SMILES string of the molecule is COC1(C)CC(F)=C(C=O)C=C1c1ccccc1C. The molecule has 0 aromatic heterocycles. The first kappa shape index (κ1) is 13.7. The minimum atomic E-state index is -0.747. The highest BCUT2D eigenvalue weighted by Crippen LogP contribution is 2.41. The smallest absolute Gasteiger partial charge is 0.152 e. The molecule has 0 bridgehead atoms. The molecule has 0 aliphatic heterocycles. The van der Waals surface area contributed by atoms with Crippen LogP contribution in [0.3, 0.4) is 0 Å². The number of benzene rings is 1. The molecule has 0 radical (unpaired) electrons. The van der Waals surface area contributed by atoms with E-state index in [0.29, 0.717) is 6.29 Å². The van der Waals surface area contributed by atoms with Crippen molar-refractivity contribution in [3.63, 3.8) is 0 Å². The van der Waals surface area contributed by atoms with E-state index in [1.807, 2.05) is 38.1 Å². The van der Waals surface area contributed by atoms with Gasteiger partial charge in [-0.2, -0.15) is 0 Å². The quantitative estimate of drug-likeness (QED) is 0.776. The van der Waals surface area contributed by atoms with E-state index in [1.54, 1.807) is 13.2 Å². The third-order valence-electron chi connectivity index (χ3n) is 3.69. The van der Waals surface area contributed by atoms with Crippen LogP contribution in [0, 0.1) is 6.92 Å². The van der Waals surface area contributed by atoms with E-state index in [-0.39, 0.29) is 12.0 Å². The molecule has 1 aromatic rings. The molecule has 2 nitrogen and oxygen atoms in total. The molecule has 100 valence electrons. The number of aldehydes is 1. The van der Waals surface area contributed by atoms with Gasteiger partial charge in [0.05, 0.1) is 5.60 Å². The van der Waals surface area contributed by atoms with Crippen molar-refractivity contribution in [2.45, 2.75) is 25.9 Å². The number of methoxy groups -OCH3 is 1. The fourth-order valence-electron chi connectivity index (χ4n) is 2.40. The van der Waals surface area contributed by atoms with E-state index in [0.717, 1.165) is 16.7 Å². The Morgan fingerprint density at radius 3 is 2.63 bits per heavy atom. The van der Waals surface area contributed by atoms with Crippen LogP contribution in [0.2, 0.25) is 0 Å². The van der Waals surface area contributed by atoms with Crippen LogP contribution < -0.4 is 0 Å². The molecule has 3 heteroatoms. The van der Waals surface area contributed by atoms with E-state index < -0.39 is 11.4 Å².